The molecule has 1 aliphatic carbocycles. The van der Waals surface area contributed by atoms with E-state index in [1.165, 1.54) is 0 Å². The van der Waals surface area contributed by atoms with E-state index in [2.05, 4.69) is 11.8 Å². The van der Waals surface area contributed by atoms with Crippen molar-refractivity contribution in [3.8, 4) is 0 Å². The number of hydrogen-bond acceptors (Lipinski definition) is 3. The van der Waals surface area contributed by atoms with Crippen molar-refractivity contribution in [2.75, 3.05) is 13.1 Å². The Morgan fingerprint density at radius 1 is 1.40 bits per heavy atom. The molecule has 0 spiro atoms. The number of hydrogen-bond donors (Lipinski definition) is 1. The molecule has 0 aromatic carbocycles. The van der Waals surface area contributed by atoms with Crippen LogP contribution >= 0.6 is 0 Å². The molecule has 0 aromatic rings. The summed E-state index contributed by atoms with van der Waals surface area (Å²) in [6.07, 6.45) is 5.08. The summed E-state index contributed by atoms with van der Waals surface area (Å²) < 4.78 is 5.72. The highest BCUT2D eigenvalue weighted by molar-refractivity contribution is 5.69. The van der Waals surface area contributed by atoms with Crippen LogP contribution < -0.4 is 0 Å². The van der Waals surface area contributed by atoms with Crippen LogP contribution in [0.3, 0.4) is 0 Å². The quantitative estimate of drug-likeness (QED) is 0.743. The molecule has 2 aliphatic rings. The van der Waals surface area contributed by atoms with Gasteiger partial charge in [-0.3, -0.25) is 9.69 Å². The number of rotatable bonds is 5. The highest BCUT2D eigenvalue weighted by Gasteiger charge is 2.33. The lowest BCUT2D eigenvalue weighted by molar-refractivity contribution is -0.138. The van der Waals surface area contributed by atoms with Crippen LogP contribution in [0.4, 0.5) is 0 Å². The van der Waals surface area contributed by atoms with Crippen molar-refractivity contribution in [2.24, 2.45) is 0 Å². The van der Waals surface area contributed by atoms with Gasteiger partial charge in [0.15, 0.2) is 0 Å². The summed E-state index contributed by atoms with van der Waals surface area (Å²) in [5.41, 5.74) is 0. The Kier molecular flexibility index (Phi) is 3.26. The fourth-order valence-electron chi connectivity index (χ4n) is 2.24. The fourth-order valence-corrected chi connectivity index (χ4v) is 2.24. The van der Waals surface area contributed by atoms with Crippen LogP contribution in [0.5, 0.6) is 0 Å². The van der Waals surface area contributed by atoms with Gasteiger partial charge in [0.05, 0.1) is 18.8 Å². The molecule has 1 saturated heterocycles. The molecule has 2 atom stereocenters. The van der Waals surface area contributed by atoms with Gasteiger partial charge in [0.1, 0.15) is 0 Å². The first-order chi connectivity index (χ1) is 7.15. The smallest absolute Gasteiger partial charge is 0.317 e. The minimum atomic E-state index is -0.729. The molecular formula is C11H19NO3. The SMILES string of the molecule is CC1CCC(CN(CC(=O)O)C2CC2)O1. The molecule has 0 bridgehead atoms. The molecule has 1 N–H and O–H groups in total. The first-order valence-electron chi connectivity index (χ1n) is 5.76. The van der Waals surface area contributed by atoms with Gasteiger partial charge in [-0.05, 0) is 32.6 Å². The predicted octanol–water partition coefficient (Wildman–Crippen LogP) is 1.10. The Balaban J connectivity index is 1.80. The number of carbonyl (C=O) groups is 1. The average molecular weight is 213 g/mol. The van der Waals surface area contributed by atoms with E-state index in [4.69, 9.17) is 9.84 Å². The van der Waals surface area contributed by atoms with Crippen LogP contribution in [0.25, 0.3) is 0 Å². The Morgan fingerprint density at radius 3 is 2.60 bits per heavy atom. The van der Waals surface area contributed by atoms with Crippen molar-refractivity contribution in [1.29, 1.82) is 0 Å². The zero-order valence-electron chi connectivity index (χ0n) is 9.19. The van der Waals surface area contributed by atoms with E-state index >= 15 is 0 Å². The van der Waals surface area contributed by atoms with Crippen molar-refractivity contribution < 1.29 is 14.6 Å². The number of aliphatic carboxylic acids is 1. The molecule has 86 valence electrons. The summed E-state index contributed by atoms with van der Waals surface area (Å²) in [6, 6.07) is 0.501. The van der Waals surface area contributed by atoms with Gasteiger partial charge in [-0.1, -0.05) is 0 Å². The predicted molar refractivity (Wildman–Crippen MR) is 55.8 cm³/mol. The lowest BCUT2D eigenvalue weighted by Gasteiger charge is -2.23. The molecule has 0 amide bonds. The highest BCUT2D eigenvalue weighted by Crippen LogP contribution is 2.29. The first kappa shape index (κ1) is 10.9. The van der Waals surface area contributed by atoms with Crippen molar-refractivity contribution >= 4 is 5.97 Å². The van der Waals surface area contributed by atoms with Crippen LogP contribution in [0.15, 0.2) is 0 Å². The Labute approximate surface area is 90.2 Å². The Morgan fingerprint density at radius 2 is 2.13 bits per heavy atom. The maximum atomic E-state index is 10.7. The van der Waals surface area contributed by atoms with E-state index in [9.17, 15) is 4.79 Å². The second kappa shape index (κ2) is 4.49. The largest absolute Gasteiger partial charge is 0.480 e. The third-order valence-corrected chi connectivity index (χ3v) is 3.16. The molecule has 0 aromatic heterocycles. The summed E-state index contributed by atoms with van der Waals surface area (Å²) in [7, 11) is 0. The summed E-state index contributed by atoms with van der Waals surface area (Å²) in [6.45, 7) is 3.04. The molecule has 2 unspecified atom stereocenters. The van der Waals surface area contributed by atoms with Gasteiger partial charge >= 0.3 is 5.97 Å². The standard InChI is InChI=1S/C11H19NO3/c1-8-2-5-10(15-8)6-12(7-11(13)14)9-3-4-9/h8-10H,2-7H2,1H3,(H,13,14). The zero-order chi connectivity index (χ0) is 10.8. The van der Waals surface area contributed by atoms with Gasteiger partial charge in [0.2, 0.25) is 0 Å². The van der Waals surface area contributed by atoms with Crippen LogP contribution in [-0.4, -0.2) is 47.3 Å². The molecule has 4 nitrogen and oxygen atoms in total. The van der Waals surface area contributed by atoms with Crippen molar-refractivity contribution in [3.05, 3.63) is 0 Å². The Bertz CT molecular complexity index is 240. The van der Waals surface area contributed by atoms with E-state index in [-0.39, 0.29) is 12.6 Å². The van der Waals surface area contributed by atoms with E-state index in [0.717, 1.165) is 32.2 Å². The van der Waals surface area contributed by atoms with Gasteiger partial charge in [0, 0.05) is 12.6 Å². The third-order valence-electron chi connectivity index (χ3n) is 3.16. The lowest BCUT2D eigenvalue weighted by atomic mass is 10.2. The van der Waals surface area contributed by atoms with Gasteiger partial charge in [-0.2, -0.15) is 0 Å². The zero-order valence-corrected chi connectivity index (χ0v) is 9.19. The Hall–Kier alpha value is -0.610. The van der Waals surface area contributed by atoms with E-state index in [1.807, 2.05) is 0 Å². The van der Waals surface area contributed by atoms with Gasteiger partial charge in [-0.25, -0.2) is 0 Å². The van der Waals surface area contributed by atoms with E-state index in [1.54, 1.807) is 0 Å². The average Bonchev–Trinajstić information content (AvgIpc) is 2.90. The number of carboxylic acid groups (broad SMARTS) is 1. The van der Waals surface area contributed by atoms with Crippen LogP contribution in [-0.2, 0) is 9.53 Å². The highest BCUT2D eigenvalue weighted by atomic mass is 16.5. The van der Waals surface area contributed by atoms with Gasteiger partial charge in [-0.15, -0.1) is 0 Å². The number of ether oxygens (including phenoxy) is 1. The van der Waals surface area contributed by atoms with E-state index in [0.29, 0.717) is 12.1 Å². The summed E-state index contributed by atoms with van der Waals surface area (Å²) >= 11 is 0. The maximum absolute atomic E-state index is 10.7. The minimum Gasteiger partial charge on any atom is -0.480 e. The second-order valence-corrected chi connectivity index (χ2v) is 4.70. The van der Waals surface area contributed by atoms with Gasteiger partial charge < -0.3 is 9.84 Å². The topological polar surface area (TPSA) is 49.8 Å². The maximum Gasteiger partial charge on any atom is 0.317 e. The molecule has 15 heavy (non-hydrogen) atoms. The van der Waals surface area contributed by atoms with Gasteiger partial charge in [0.25, 0.3) is 0 Å². The van der Waals surface area contributed by atoms with Crippen LogP contribution in [0, 0.1) is 0 Å². The van der Waals surface area contributed by atoms with Crippen molar-refractivity contribution in [1.82, 2.24) is 4.90 Å². The monoisotopic (exact) mass is 213 g/mol. The van der Waals surface area contributed by atoms with E-state index < -0.39 is 5.97 Å². The molecule has 1 heterocycles. The summed E-state index contributed by atoms with van der Waals surface area (Å²) in [5, 5.41) is 8.80. The second-order valence-electron chi connectivity index (χ2n) is 4.70. The van der Waals surface area contributed by atoms with Crippen molar-refractivity contribution in [3.63, 3.8) is 0 Å². The van der Waals surface area contributed by atoms with Crippen LogP contribution in [0.2, 0.25) is 0 Å². The minimum absolute atomic E-state index is 0.166. The molecule has 1 aliphatic heterocycles. The molecule has 4 heteroatoms. The third kappa shape index (κ3) is 3.18. The molecule has 2 fully saturated rings. The van der Waals surface area contributed by atoms with Crippen molar-refractivity contribution in [2.45, 2.75) is 50.9 Å². The number of carboxylic acids is 1. The van der Waals surface area contributed by atoms with Crippen LogP contribution in [0.1, 0.15) is 32.6 Å². The summed E-state index contributed by atoms with van der Waals surface area (Å²) in [5.74, 6) is -0.729. The molecule has 0 radical (unpaired) electrons. The number of nitrogens with zero attached hydrogens (tertiary/aromatic N) is 1. The summed E-state index contributed by atoms with van der Waals surface area (Å²) in [4.78, 5) is 12.8. The normalized spacial score (nSPS) is 31.1. The molecular weight excluding hydrogens is 194 g/mol. The first-order valence-corrected chi connectivity index (χ1v) is 5.76. The molecule has 1 saturated carbocycles. The molecule has 2 rings (SSSR count). The lowest BCUT2D eigenvalue weighted by Crippen LogP contribution is -2.38. The fraction of sp³-hybridized carbons (Fsp3) is 0.909.